The van der Waals surface area contributed by atoms with E-state index in [0.29, 0.717) is 34.6 Å². The Hall–Kier alpha value is -3.52. The quantitative estimate of drug-likeness (QED) is 0.428. The average Bonchev–Trinajstić information content (AvgIpc) is 3.07. The fourth-order valence-electron chi connectivity index (χ4n) is 3.30. The van der Waals surface area contributed by atoms with Crippen molar-refractivity contribution >= 4 is 34.9 Å². The predicted molar refractivity (Wildman–Crippen MR) is 131 cm³/mol. The Kier molecular flexibility index (Phi) is 7.95. The zero-order valence-corrected chi connectivity index (χ0v) is 19.6. The first kappa shape index (κ1) is 24.1. The first-order valence-corrected chi connectivity index (χ1v) is 11.2. The van der Waals surface area contributed by atoms with Gasteiger partial charge in [-0.1, -0.05) is 18.2 Å². The molecule has 0 aliphatic carbocycles. The Bertz CT molecular complexity index is 1120. The number of thioether (sulfide) groups is 1. The molecule has 0 radical (unpaired) electrons. The van der Waals surface area contributed by atoms with E-state index in [1.165, 1.54) is 16.7 Å². The van der Waals surface area contributed by atoms with Crippen LogP contribution in [0.3, 0.4) is 0 Å². The van der Waals surface area contributed by atoms with Gasteiger partial charge < -0.3 is 14.6 Å². The molecule has 172 valence electrons. The Labute approximate surface area is 197 Å². The molecule has 0 bridgehead atoms. The largest absolute Gasteiger partial charge is 0.490 e. The number of hydrogen-bond donors (Lipinski definition) is 1. The van der Waals surface area contributed by atoms with Gasteiger partial charge in [0.25, 0.3) is 5.91 Å². The molecule has 1 amide bonds. The second kappa shape index (κ2) is 10.9. The summed E-state index contributed by atoms with van der Waals surface area (Å²) in [7, 11) is 3.36. The van der Waals surface area contributed by atoms with Gasteiger partial charge in [-0.15, -0.1) is 6.58 Å². The van der Waals surface area contributed by atoms with Crippen LogP contribution in [0.5, 0.6) is 11.5 Å². The minimum atomic E-state index is -0.971. The number of aliphatic imine (C=N–C) groups is 1. The summed E-state index contributed by atoms with van der Waals surface area (Å²) in [5.41, 5.74) is 2.74. The number of carbonyl (C=O) groups is 2. The highest BCUT2D eigenvalue weighted by molar-refractivity contribution is 8.18. The highest BCUT2D eigenvalue weighted by Gasteiger charge is 2.29. The van der Waals surface area contributed by atoms with E-state index in [9.17, 15) is 9.59 Å². The van der Waals surface area contributed by atoms with Crippen molar-refractivity contribution in [3.05, 3.63) is 76.2 Å². The van der Waals surface area contributed by atoms with Crippen LogP contribution < -0.4 is 9.47 Å². The molecule has 3 rings (SSSR count). The van der Waals surface area contributed by atoms with Crippen LogP contribution in [0.15, 0.2) is 59.0 Å². The van der Waals surface area contributed by atoms with E-state index >= 15 is 0 Å². The number of aromatic carboxylic acids is 1. The number of ether oxygens (including phenoxy) is 2. The number of hydrogen-bond acceptors (Lipinski definition) is 6. The van der Waals surface area contributed by atoms with Gasteiger partial charge in [0.05, 0.1) is 17.1 Å². The lowest BCUT2D eigenvalue weighted by Crippen LogP contribution is -2.23. The van der Waals surface area contributed by atoms with Crippen molar-refractivity contribution in [2.45, 2.75) is 20.0 Å². The summed E-state index contributed by atoms with van der Waals surface area (Å²) >= 11 is 1.33. The molecule has 33 heavy (non-hydrogen) atoms. The van der Waals surface area contributed by atoms with Crippen LogP contribution in [0, 0.1) is 0 Å². The molecule has 0 saturated carbocycles. The molecule has 0 aromatic heterocycles. The maximum Gasteiger partial charge on any atom is 0.335 e. The second-order valence-corrected chi connectivity index (χ2v) is 8.21. The minimum absolute atomic E-state index is 0.103. The standard InChI is InChI=1S/C25H26N2O5S/c1-5-7-19-12-17(14-21-23(28)27(4)25(26-3)33-21)13-20(31-6-2)22(19)32-15-16-8-10-18(11-9-16)24(29)30/h5,8-14H,1,6-7,15H2,2-4H3,(H,29,30)/b21-14+,26-25?. The fourth-order valence-corrected chi connectivity index (χ4v) is 4.23. The van der Waals surface area contributed by atoms with Gasteiger partial charge in [0.1, 0.15) is 6.61 Å². The van der Waals surface area contributed by atoms with Crippen molar-refractivity contribution in [3.63, 3.8) is 0 Å². The molecule has 0 atom stereocenters. The van der Waals surface area contributed by atoms with Gasteiger partial charge in [0.15, 0.2) is 16.7 Å². The third-order valence-corrected chi connectivity index (χ3v) is 6.05. The molecule has 1 aliphatic heterocycles. The molecule has 1 N–H and O–H groups in total. The third kappa shape index (κ3) is 5.64. The Morgan fingerprint density at radius 3 is 2.55 bits per heavy atom. The number of amides is 1. The van der Waals surface area contributed by atoms with Gasteiger partial charge in [-0.05, 0) is 66.6 Å². The van der Waals surface area contributed by atoms with Crippen LogP contribution in [-0.4, -0.2) is 47.8 Å². The monoisotopic (exact) mass is 466 g/mol. The van der Waals surface area contributed by atoms with Crippen LogP contribution in [0.1, 0.15) is 34.0 Å². The Morgan fingerprint density at radius 1 is 1.24 bits per heavy atom. The molecule has 1 fully saturated rings. The van der Waals surface area contributed by atoms with Gasteiger partial charge in [-0.25, -0.2) is 4.79 Å². The average molecular weight is 467 g/mol. The van der Waals surface area contributed by atoms with Gasteiger partial charge >= 0.3 is 5.97 Å². The zero-order chi connectivity index (χ0) is 24.0. The third-order valence-electron chi connectivity index (χ3n) is 4.89. The van der Waals surface area contributed by atoms with Crippen LogP contribution in [0.4, 0.5) is 0 Å². The molecule has 1 saturated heterocycles. The molecular formula is C25H26N2O5S. The molecule has 8 heteroatoms. The van der Waals surface area contributed by atoms with Gasteiger partial charge in [-0.3, -0.25) is 14.7 Å². The summed E-state index contributed by atoms with van der Waals surface area (Å²) in [6.07, 6.45) is 4.15. The number of allylic oxidation sites excluding steroid dienone is 1. The molecule has 2 aromatic carbocycles. The highest BCUT2D eigenvalue weighted by atomic mass is 32.2. The van der Waals surface area contributed by atoms with Crippen molar-refractivity contribution in [2.75, 3.05) is 20.7 Å². The lowest BCUT2D eigenvalue weighted by Gasteiger charge is -2.17. The van der Waals surface area contributed by atoms with E-state index in [0.717, 1.165) is 16.7 Å². The molecule has 7 nitrogen and oxygen atoms in total. The van der Waals surface area contributed by atoms with E-state index in [4.69, 9.17) is 14.6 Å². The van der Waals surface area contributed by atoms with E-state index < -0.39 is 5.97 Å². The molecule has 0 spiro atoms. The molecule has 2 aromatic rings. The van der Waals surface area contributed by atoms with E-state index in [2.05, 4.69) is 11.6 Å². The van der Waals surface area contributed by atoms with Gasteiger partial charge in [-0.2, -0.15) is 0 Å². The number of carboxylic acids is 1. The number of likely N-dealkylation sites (N-methyl/N-ethyl adjacent to an activating group) is 1. The second-order valence-electron chi connectivity index (χ2n) is 7.20. The van der Waals surface area contributed by atoms with Crippen LogP contribution in [-0.2, 0) is 17.8 Å². The maximum atomic E-state index is 12.5. The molecule has 1 heterocycles. The van der Waals surface area contributed by atoms with E-state index in [1.807, 2.05) is 25.1 Å². The molecular weight excluding hydrogens is 440 g/mol. The number of rotatable bonds is 9. The lowest BCUT2D eigenvalue weighted by molar-refractivity contribution is -0.121. The SMILES string of the molecule is C=CCc1cc(/C=C2/SC(=NC)N(C)C2=O)cc(OCC)c1OCc1ccc(C(=O)O)cc1. The summed E-state index contributed by atoms with van der Waals surface area (Å²) in [4.78, 5) is 29.8. The smallest absolute Gasteiger partial charge is 0.335 e. The number of amidine groups is 1. The van der Waals surface area contributed by atoms with Crippen molar-refractivity contribution in [2.24, 2.45) is 4.99 Å². The van der Waals surface area contributed by atoms with E-state index in [1.54, 1.807) is 44.4 Å². The minimum Gasteiger partial charge on any atom is -0.490 e. The summed E-state index contributed by atoms with van der Waals surface area (Å²) in [5.74, 6) is 0.0917. The zero-order valence-electron chi connectivity index (χ0n) is 18.8. The molecule has 1 aliphatic rings. The Morgan fingerprint density at radius 2 is 1.97 bits per heavy atom. The van der Waals surface area contributed by atoms with Crippen molar-refractivity contribution < 1.29 is 24.2 Å². The van der Waals surface area contributed by atoms with Crippen molar-refractivity contribution in [1.82, 2.24) is 4.90 Å². The topological polar surface area (TPSA) is 88.4 Å². The number of benzene rings is 2. The number of carbonyl (C=O) groups excluding carboxylic acids is 1. The van der Waals surface area contributed by atoms with Crippen LogP contribution >= 0.6 is 11.8 Å². The first-order valence-electron chi connectivity index (χ1n) is 10.4. The van der Waals surface area contributed by atoms with Crippen molar-refractivity contribution in [1.29, 1.82) is 0 Å². The summed E-state index contributed by atoms with van der Waals surface area (Å²) in [6, 6.07) is 10.3. The van der Waals surface area contributed by atoms with Crippen molar-refractivity contribution in [3.8, 4) is 11.5 Å². The summed E-state index contributed by atoms with van der Waals surface area (Å²) < 4.78 is 12.0. The predicted octanol–water partition coefficient (Wildman–Crippen LogP) is 4.62. The Balaban J connectivity index is 1.93. The number of nitrogens with zero attached hydrogens (tertiary/aromatic N) is 2. The lowest BCUT2D eigenvalue weighted by atomic mass is 10.0. The fraction of sp³-hybridized carbons (Fsp3) is 0.240. The van der Waals surface area contributed by atoms with Crippen LogP contribution in [0.25, 0.3) is 6.08 Å². The van der Waals surface area contributed by atoms with Crippen LogP contribution in [0.2, 0.25) is 0 Å². The maximum absolute atomic E-state index is 12.5. The highest BCUT2D eigenvalue weighted by Crippen LogP contribution is 2.37. The van der Waals surface area contributed by atoms with Gasteiger partial charge in [0, 0.05) is 19.7 Å². The molecule has 0 unspecified atom stereocenters. The first-order chi connectivity index (χ1) is 15.9. The van der Waals surface area contributed by atoms with Gasteiger partial charge in [0.2, 0.25) is 0 Å². The summed E-state index contributed by atoms with van der Waals surface area (Å²) in [5, 5.41) is 9.72. The normalized spacial score (nSPS) is 15.8. The summed E-state index contributed by atoms with van der Waals surface area (Å²) in [6.45, 7) is 6.43. The number of carboxylic acid groups (broad SMARTS) is 1. The van der Waals surface area contributed by atoms with E-state index in [-0.39, 0.29) is 18.1 Å².